The molecule has 1 saturated carbocycles. The van der Waals surface area contributed by atoms with E-state index in [1.54, 1.807) is 21.7 Å². The molecule has 1 unspecified atom stereocenters. The van der Waals surface area contributed by atoms with E-state index in [2.05, 4.69) is 15.1 Å². The fourth-order valence-corrected chi connectivity index (χ4v) is 5.69. The van der Waals surface area contributed by atoms with Gasteiger partial charge in [-0.05, 0) is 62.8 Å². The summed E-state index contributed by atoms with van der Waals surface area (Å²) in [4.78, 5) is 29.8. The van der Waals surface area contributed by atoms with E-state index in [1.165, 1.54) is 11.3 Å². The van der Waals surface area contributed by atoms with Crippen LogP contribution in [0.15, 0.2) is 24.4 Å². The number of nitrogens with zero attached hydrogens (tertiary/aromatic N) is 6. The third kappa shape index (κ3) is 4.03. The normalized spacial score (nSPS) is 17.4. The molecule has 1 aliphatic heterocycles. The Balaban J connectivity index is 1.37. The van der Waals surface area contributed by atoms with Crippen molar-refractivity contribution in [2.45, 2.75) is 58.4 Å². The van der Waals surface area contributed by atoms with Crippen molar-refractivity contribution in [3.8, 4) is 5.75 Å². The first-order valence-electron chi connectivity index (χ1n) is 12.3. The van der Waals surface area contributed by atoms with Crippen molar-refractivity contribution in [3.63, 3.8) is 0 Å². The van der Waals surface area contributed by atoms with Crippen molar-refractivity contribution in [2.75, 3.05) is 13.2 Å². The Morgan fingerprint density at radius 1 is 1.25 bits per heavy atom. The number of aryl methyl sites for hydroxylation is 3. The summed E-state index contributed by atoms with van der Waals surface area (Å²) in [6, 6.07) is 4.54. The Bertz CT molecular complexity index is 1480. The molecule has 8 nitrogen and oxygen atoms in total. The van der Waals surface area contributed by atoms with Crippen LogP contribution in [0.5, 0.6) is 5.75 Å². The highest BCUT2D eigenvalue weighted by molar-refractivity contribution is 7.16. The molecule has 0 spiro atoms. The number of carbonyl (C=O) groups excluding carboxylic acids is 1. The van der Waals surface area contributed by atoms with Gasteiger partial charge in [0.2, 0.25) is 4.96 Å². The number of imidazole rings is 1. The molecule has 0 aromatic carbocycles. The number of fused-ring (bicyclic) bond motifs is 3. The van der Waals surface area contributed by atoms with Crippen molar-refractivity contribution in [1.82, 2.24) is 29.5 Å². The quantitative estimate of drug-likeness (QED) is 0.387. The second kappa shape index (κ2) is 8.92. The predicted molar refractivity (Wildman–Crippen MR) is 133 cm³/mol. The minimum absolute atomic E-state index is 0.177. The first kappa shape index (κ1) is 23.0. The molecule has 1 amide bonds. The van der Waals surface area contributed by atoms with E-state index < -0.39 is 11.9 Å². The number of ether oxygens (including phenoxy) is 1. The zero-order valence-electron chi connectivity index (χ0n) is 20.5. The second-order valence-electron chi connectivity index (χ2n) is 9.45. The van der Waals surface area contributed by atoms with Crippen LogP contribution in [-0.4, -0.2) is 48.5 Å². The molecule has 1 fully saturated rings. The molecule has 0 N–H and O–H groups in total. The summed E-state index contributed by atoms with van der Waals surface area (Å²) in [5.74, 6) is 0.315. The predicted octanol–water partition coefficient (Wildman–Crippen LogP) is 4.33. The highest BCUT2D eigenvalue weighted by Crippen LogP contribution is 2.42. The molecule has 2 aliphatic rings. The number of rotatable bonds is 6. The Kier molecular flexibility index (Phi) is 5.70. The lowest BCUT2D eigenvalue weighted by Gasteiger charge is -2.35. The van der Waals surface area contributed by atoms with Gasteiger partial charge in [-0.25, -0.2) is 13.9 Å². The molecule has 6 rings (SSSR count). The van der Waals surface area contributed by atoms with Gasteiger partial charge in [0.25, 0.3) is 5.91 Å². The van der Waals surface area contributed by atoms with Crippen molar-refractivity contribution < 1.29 is 13.9 Å². The number of hydrogen-bond donors (Lipinski definition) is 0. The van der Waals surface area contributed by atoms with E-state index in [1.807, 2.05) is 32.9 Å². The summed E-state index contributed by atoms with van der Waals surface area (Å²) in [5.41, 5.74) is 4.36. The number of pyridine rings is 2. The number of carbonyl (C=O) groups is 1. The first-order chi connectivity index (χ1) is 17.4. The largest absolute Gasteiger partial charge is 0.482 e. The standard InChI is InChI=1S/C26H27FN6O2S/c1-4-19-21(8-5-14(2)29-19)35-13-22(34)32-10-9-20-24(33-26(30-20)36-15(3)31-33)25(32)23-18(27)11-17(12-28-23)16-6-7-16/h5,8,11-12,16,25H,4,6-7,9-10,13H2,1-3H3. The highest BCUT2D eigenvalue weighted by atomic mass is 32.1. The van der Waals surface area contributed by atoms with Crippen molar-refractivity contribution in [3.05, 3.63) is 69.3 Å². The summed E-state index contributed by atoms with van der Waals surface area (Å²) in [6.07, 6.45) is 5.12. The molecule has 5 heterocycles. The lowest BCUT2D eigenvalue weighted by atomic mass is 9.98. The first-order valence-corrected chi connectivity index (χ1v) is 13.1. The van der Waals surface area contributed by atoms with Crippen molar-refractivity contribution >= 4 is 22.2 Å². The second-order valence-corrected chi connectivity index (χ2v) is 10.6. The fraction of sp³-hybridized carbons (Fsp3) is 0.423. The number of halogens is 1. The number of aromatic nitrogens is 5. The van der Waals surface area contributed by atoms with E-state index in [-0.39, 0.29) is 18.2 Å². The summed E-state index contributed by atoms with van der Waals surface area (Å²) in [5, 5.41) is 5.46. The lowest BCUT2D eigenvalue weighted by Crippen LogP contribution is -2.44. The van der Waals surface area contributed by atoms with Crippen molar-refractivity contribution in [2.24, 2.45) is 0 Å². The van der Waals surface area contributed by atoms with Crippen LogP contribution >= 0.6 is 11.3 Å². The molecule has 1 atom stereocenters. The minimum Gasteiger partial charge on any atom is -0.482 e. The van der Waals surface area contributed by atoms with E-state index >= 15 is 4.39 Å². The van der Waals surface area contributed by atoms with Gasteiger partial charge in [-0.15, -0.1) is 0 Å². The van der Waals surface area contributed by atoms with Gasteiger partial charge in [-0.3, -0.25) is 14.8 Å². The Morgan fingerprint density at radius 2 is 2.08 bits per heavy atom. The van der Waals surface area contributed by atoms with Crippen LogP contribution in [0.4, 0.5) is 4.39 Å². The summed E-state index contributed by atoms with van der Waals surface area (Å²) >= 11 is 1.48. The van der Waals surface area contributed by atoms with Gasteiger partial charge in [-0.2, -0.15) is 5.10 Å². The Morgan fingerprint density at radius 3 is 2.83 bits per heavy atom. The van der Waals surface area contributed by atoms with Gasteiger partial charge in [0.1, 0.15) is 28.3 Å². The van der Waals surface area contributed by atoms with Gasteiger partial charge in [0.05, 0.1) is 17.1 Å². The molecule has 186 valence electrons. The van der Waals surface area contributed by atoms with Gasteiger partial charge >= 0.3 is 0 Å². The van der Waals surface area contributed by atoms with Crippen LogP contribution in [-0.2, 0) is 17.6 Å². The van der Waals surface area contributed by atoms with E-state index in [0.717, 1.165) is 45.5 Å². The topological polar surface area (TPSA) is 85.5 Å². The fourth-order valence-electron chi connectivity index (χ4n) is 4.92. The smallest absolute Gasteiger partial charge is 0.261 e. The average Bonchev–Trinajstić information content (AvgIpc) is 3.57. The maximum absolute atomic E-state index is 15.6. The van der Waals surface area contributed by atoms with Gasteiger partial charge in [0, 0.05) is 24.9 Å². The molecular formula is C26H27FN6O2S. The van der Waals surface area contributed by atoms with Crippen LogP contribution in [0.25, 0.3) is 4.96 Å². The monoisotopic (exact) mass is 506 g/mol. The van der Waals surface area contributed by atoms with E-state index in [9.17, 15) is 4.79 Å². The molecule has 36 heavy (non-hydrogen) atoms. The molecule has 1 aliphatic carbocycles. The molecule has 4 aromatic rings. The van der Waals surface area contributed by atoms with Gasteiger partial charge < -0.3 is 9.64 Å². The molecule has 0 bridgehead atoms. The van der Waals surface area contributed by atoms with Gasteiger partial charge in [0.15, 0.2) is 6.61 Å². The third-order valence-electron chi connectivity index (χ3n) is 6.85. The Labute approximate surface area is 212 Å². The average molecular weight is 507 g/mol. The van der Waals surface area contributed by atoms with Crippen LogP contribution in [0.3, 0.4) is 0 Å². The summed E-state index contributed by atoms with van der Waals surface area (Å²) in [6.45, 7) is 6.04. The number of amides is 1. The SMILES string of the molecule is CCc1nc(C)ccc1OCC(=O)N1CCc2nc3sc(C)nn3c2C1c1ncc(C2CC2)cc1F. The molecule has 0 radical (unpaired) electrons. The van der Waals surface area contributed by atoms with Crippen LogP contribution < -0.4 is 4.74 Å². The van der Waals surface area contributed by atoms with Gasteiger partial charge in [-0.1, -0.05) is 18.3 Å². The maximum atomic E-state index is 15.6. The van der Waals surface area contributed by atoms with E-state index in [4.69, 9.17) is 9.72 Å². The summed E-state index contributed by atoms with van der Waals surface area (Å²) < 4.78 is 23.2. The van der Waals surface area contributed by atoms with E-state index in [0.29, 0.717) is 36.7 Å². The zero-order chi connectivity index (χ0) is 25.0. The summed E-state index contributed by atoms with van der Waals surface area (Å²) in [7, 11) is 0. The van der Waals surface area contributed by atoms with Crippen LogP contribution in [0.2, 0.25) is 0 Å². The zero-order valence-corrected chi connectivity index (χ0v) is 21.3. The Hall–Kier alpha value is -3.40. The molecule has 0 saturated heterocycles. The maximum Gasteiger partial charge on any atom is 0.261 e. The highest BCUT2D eigenvalue weighted by Gasteiger charge is 2.39. The molecule has 4 aromatic heterocycles. The van der Waals surface area contributed by atoms with Crippen LogP contribution in [0.1, 0.15) is 70.8 Å². The third-order valence-corrected chi connectivity index (χ3v) is 7.68. The van der Waals surface area contributed by atoms with Crippen molar-refractivity contribution in [1.29, 1.82) is 0 Å². The molecule has 10 heteroatoms. The van der Waals surface area contributed by atoms with Crippen LogP contribution in [0, 0.1) is 19.7 Å². The molecular weight excluding hydrogens is 479 g/mol. The number of hydrogen-bond acceptors (Lipinski definition) is 7. The minimum atomic E-state index is -0.739. The lowest BCUT2D eigenvalue weighted by molar-refractivity contribution is -0.135.